The maximum absolute atomic E-state index is 14.7. The predicted octanol–water partition coefficient (Wildman–Crippen LogP) is 2.78. The molecule has 1 aromatic heterocycles. The number of H-pyrrole nitrogens is 1. The smallest absolute Gasteiger partial charge is 0.286 e. The standard InChI is InChI=1S/C18H18BrF2N3O5S/c1-30(27,28)8-13-14(17(25)24-29-7-9-2-3-9)16(15(21)18(26)23-13)22-12-5-4-10(19)6-11(12)20/h4-6,9H,2-3,7-8H2,1H3,(H,24,25)(H2,22,23,26). The first-order valence-electron chi connectivity index (χ1n) is 8.81. The van der Waals surface area contributed by atoms with Gasteiger partial charge in [0, 0.05) is 16.4 Å². The molecule has 3 rings (SSSR count). The fraction of sp³-hybridized carbons (Fsp3) is 0.333. The number of carbonyl (C=O) groups is 1. The quantitative estimate of drug-likeness (QED) is 0.475. The van der Waals surface area contributed by atoms with E-state index in [1.807, 2.05) is 0 Å². The van der Waals surface area contributed by atoms with Crippen LogP contribution in [-0.2, 0) is 20.4 Å². The van der Waals surface area contributed by atoms with Crippen molar-refractivity contribution in [3.63, 3.8) is 0 Å². The minimum Gasteiger partial charge on any atom is -0.350 e. The van der Waals surface area contributed by atoms with Crippen LogP contribution < -0.4 is 16.4 Å². The van der Waals surface area contributed by atoms with E-state index >= 15 is 0 Å². The highest BCUT2D eigenvalue weighted by atomic mass is 79.9. The Balaban J connectivity index is 2.06. The molecular formula is C18H18BrF2N3O5S. The largest absolute Gasteiger partial charge is 0.350 e. The van der Waals surface area contributed by atoms with E-state index in [1.165, 1.54) is 12.1 Å². The highest BCUT2D eigenvalue weighted by molar-refractivity contribution is 9.10. The Kier molecular flexibility index (Phi) is 6.58. The number of rotatable bonds is 8. The number of pyridine rings is 1. The third-order valence-corrected chi connectivity index (χ3v) is 5.55. The fourth-order valence-electron chi connectivity index (χ4n) is 2.65. The normalized spacial score (nSPS) is 13.9. The molecule has 1 fully saturated rings. The van der Waals surface area contributed by atoms with Crippen LogP contribution in [-0.4, -0.2) is 32.2 Å². The molecular weight excluding hydrogens is 488 g/mol. The number of hydroxylamine groups is 1. The zero-order valence-corrected chi connectivity index (χ0v) is 18.1. The molecule has 1 aliphatic carbocycles. The van der Waals surface area contributed by atoms with Crippen molar-refractivity contribution in [3.05, 3.63) is 55.9 Å². The maximum atomic E-state index is 14.7. The number of aromatic amines is 1. The number of hydrogen-bond donors (Lipinski definition) is 3. The molecule has 1 heterocycles. The van der Waals surface area contributed by atoms with Gasteiger partial charge in [0.2, 0.25) is 5.82 Å². The number of hydrogen-bond acceptors (Lipinski definition) is 6. The molecule has 0 spiro atoms. The monoisotopic (exact) mass is 505 g/mol. The number of aromatic nitrogens is 1. The Morgan fingerprint density at radius 3 is 2.63 bits per heavy atom. The number of benzene rings is 1. The van der Waals surface area contributed by atoms with Gasteiger partial charge in [-0.15, -0.1) is 0 Å². The van der Waals surface area contributed by atoms with E-state index in [1.54, 1.807) is 0 Å². The minimum absolute atomic E-state index is 0.221. The molecule has 0 atom stereocenters. The van der Waals surface area contributed by atoms with Gasteiger partial charge in [0.05, 0.1) is 29.3 Å². The maximum Gasteiger partial charge on any atom is 0.286 e. The lowest BCUT2D eigenvalue weighted by molar-refractivity contribution is 0.0269. The molecule has 2 aromatic rings. The molecule has 1 aliphatic rings. The summed E-state index contributed by atoms with van der Waals surface area (Å²) in [6, 6.07) is 3.83. The molecule has 30 heavy (non-hydrogen) atoms. The predicted molar refractivity (Wildman–Crippen MR) is 109 cm³/mol. The number of carbonyl (C=O) groups excluding carboxylic acids is 1. The third kappa shape index (κ3) is 5.64. The average Bonchev–Trinajstić information content (AvgIpc) is 3.44. The average molecular weight is 506 g/mol. The topological polar surface area (TPSA) is 117 Å². The SMILES string of the molecule is CS(=O)(=O)Cc1[nH]c(=O)c(F)c(Nc2ccc(Br)cc2F)c1C(=O)NOCC1CC1. The van der Waals surface area contributed by atoms with Gasteiger partial charge in [0.1, 0.15) is 5.82 Å². The van der Waals surface area contributed by atoms with Gasteiger partial charge in [-0.1, -0.05) is 15.9 Å². The first-order valence-corrected chi connectivity index (χ1v) is 11.7. The fourth-order valence-corrected chi connectivity index (χ4v) is 3.73. The number of sulfone groups is 1. The summed E-state index contributed by atoms with van der Waals surface area (Å²) in [5, 5.41) is 2.39. The van der Waals surface area contributed by atoms with Crippen molar-refractivity contribution in [3.8, 4) is 0 Å². The van der Waals surface area contributed by atoms with Crippen LogP contribution in [0.25, 0.3) is 0 Å². The molecule has 1 aromatic carbocycles. The summed E-state index contributed by atoms with van der Waals surface area (Å²) < 4.78 is 52.9. The Morgan fingerprint density at radius 2 is 2.03 bits per heavy atom. The van der Waals surface area contributed by atoms with Crippen LogP contribution in [0.2, 0.25) is 0 Å². The summed E-state index contributed by atoms with van der Waals surface area (Å²) in [5.41, 5.74) is -0.868. The summed E-state index contributed by atoms with van der Waals surface area (Å²) in [6.45, 7) is 0.239. The van der Waals surface area contributed by atoms with Crippen LogP contribution >= 0.6 is 15.9 Å². The van der Waals surface area contributed by atoms with Crippen molar-refractivity contribution in [2.24, 2.45) is 5.92 Å². The molecule has 0 unspecified atom stereocenters. The Bertz CT molecular complexity index is 1150. The summed E-state index contributed by atoms with van der Waals surface area (Å²) in [5.74, 6) is -3.61. The van der Waals surface area contributed by atoms with Crippen LogP contribution in [0.5, 0.6) is 0 Å². The first-order chi connectivity index (χ1) is 14.0. The zero-order chi connectivity index (χ0) is 22.1. The Labute approximate surface area is 179 Å². The van der Waals surface area contributed by atoms with E-state index < -0.39 is 49.9 Å². The van der Waals surface area contributed by atoms with Gasteiger partial charge in [-0.3, -0.25) is 14.4 Å². The van der Waals surface area contributed by atoms with Gasteiger partial charge in [0.15, 0.2) is 9.84 Å². The number of nitrogens with one attached hydrogen (secondary N) is 3. The van der Waals surface area contributed by atoms with Crippen molar-refractivity contribution in [1.29, 1.82) is 0 Å². The molecule has 0 bridgehead atoms. The number of amides is 1. The van der Waals surface area contributed by atoms with Crippen LogP contribution in [0, 0.1) is 17.6 Å². The van der Waals surface area contributed by atoms with Gasteiger partial charge in [-0.2, -0.15) is 4.39 Å². The second-order valence-electron chi connectivity index (χ2n) is 7.00. The molecule has 1 amide bonds. The van der Waals surface area contributed by atoms with Gasteiger partial charge in [-0.25, -0.2) is 18.3 Å². The molecule has 162 valence electrons. The Morgan fingerprint density at radius 1 is 1.33 bits per heavy atom. The first kappa shape index (κ1) is 22.4. The van der Waals surface area contributed by atoms with Crippen LogP contribution in [0.4, 0.5) is 20.2 Å². The Hall–Kier alpha value is -2.31. The molecule has 3 N–H and O–H groups in total. The van der Waals surface area contributed by atoms with Crippen molar-refractivity contribution in [1.82, 2.24) is 10.5 Å². The lowest BCUT2D eigenvalue weighted by Gasteiger charge is -2.17. The second kappa shape index (κ2) is 8.82. The van der Waals surface area contributed by atoms with E-state index in [4.69, 9.17) is 4.84 Å². The summed E-state index contributed by atoms with van der Waals surface area (Å²) >= 11 is 3.09. The number of anilines is 2. The number of halogens is 3. The van der Waals surface area contributed by atoms with E-state index in [2.05, 4.69) is 31.7 Å². The third-order valence-electron chi connectivity index (χ3n) is 4.24. The zero-order valence-electron chi connectivity index (χ0n) is 15.7. The van der Waals surface area contributed by atoms with Crippen molar-refractivity contribution in [2.45, 2.75) is 18.6 Å². The van der Waals surface area contributed by atoms with Crippen LogP contribution in [0.1, 0.15) is 28.9 Å². The highest BCUT2D eigenvalue weighted by Crippen LogP contribution is 2.30. The summed E-state index contributed by atoms with van der Waals surface area (Å²) in [4.78, 5) is 31.9. The van der Waals surface area contributed by atoms with Gasteiger partial charge < -0.3 is 10.3 Å². The van der Waals surface area contributed by atoms with Crippen molar-refractivity contribution in [2.75, 3.05) is 18.2 Å². The molecule has 12 heteroatoms. The molecule has 0 saturated heterocycles. The molecule has 1 saturated carbocycles. The lowest BCUT2D eigenvalue weighted by Crippen LogP contribution is -2.30. The van der Waals surface area contributed by atoms with E-state index in [9.17, 15) is 26.8 Å². The molecule has 0 aliphatic heterocycles. The summed E-state index contributed by atoms with van der Waals surface area (Å²) in [7, 11) is -3.71. The highest BCUT2D eigenvalue weighted by Gasteiger charge is 2.27. The van der Waals surface area contributed by atoms with Gasteiger partial charge >= 0.3 is 0 Å². The molecule has 8 nitrogen and oxygen atoms in total. The summed E-state index contributed by atoms with van der Waals surface area (Å²) in [6.07, 6.45) is 2.80. The van der Waals surface area contributed by atoms with Crippen molar-refractivity contribution < 1.29 is 26.8 Å². The van der Waals surface area contributed by atoms with Gasteiger partial charge in [-0.05, 0) is 37.0 Å². The van der Waals surface area contributed by atoms with Crippen LogP contribution in [0.15, 0.2) is 27.5 Å². The van der Waals surface area contributed by atoms with Crippen LogP contribution in [0.3, 0.4) is 0 Å². The lowest BCUT2D eigenvalue weighted by atomic mass is 10.1. The van der Waals surface area contributed by atoms with E-state index in [0.29, 0.717) is 10.4 Å². The molecule has 0 radical (unpaired) electrons. The van der Waals surface area contributed by atoms with E-state index in [-0.39, 0.29) is 18.0 Å². The van der Waals surface area contributed by atoms with Crippen molar-refractivity contribution >= 4 is 43.0 Å². The van der Waals surface area contributed by atoms with E-state index in [0.717, 1.165) is 25.2 Å². The minimum atomic E-state index is -3.71. The second-order valence-corrected chi connectivity index (χ2v) is 10.1. The van der Waals surface area contributed by atoms with Gasteiger partial charge in [0.25, 0.3) is 11.5 Å².